The molecule has 0 heterocycles. The number of ether oxygens (including phenoxy) is 1. The summed E-state index contributed by atoms with van der Waals surface area (Å²) in [6, 6.07) is 5.34. The van der Waals surface area contributed by atoms with Gasteiger partial charge >= 0.3 is 6.09 Å². The van der Waals surface area contributed by atoms with E-state index in [-0.39, 0.29) is 5.91 Å². The molecule has 0 unspecified atom stereocenters. The number of halogens is 2. The standard InChI is InChI=1S/C17H24Cl2N2O3/c1-17(2,3)24-16(23)21-10-4-9-20-15(22)8-6-12-5-7-13(18)14(19)11-12/h5,7,11H,4,6,8-10H2,1-3H3,(H,20,22)(H,21,23). The first kappa shape index (κ1) is 20.6. The first-order valence-corrected chi connectivity index (χ1v) is 8.60. The van der Waals surface area contributed by atoms with Crippen molar-refractivity contribution in [2.24, 2.45) is 0 Å². The van der Waals surface area contributed by atoms with Crippen LogP contribution in [-0.4, -0.2) is 30.7 Å². The van der Waals surface area contributed by atoms with Crippen LogP contribution in [-0.2, 0) is 16.0 Å². The summed E-state index contributed by atoms with van der Waals surface area (Å²) in [6.07, 6.45) is 1.15. The lowest BCUT2D eigenvalue weighted by atomic mass is 10.1. The highest BCUT2D eigenvalue weighted by Crippen LogP contribution is 2.23. The molecule has 0 bridgehead atoms. The van der Waals surface area contributed by atoms with E-state index in [9.17, 15) is 9.59 Å². The summed E-state index contributed by atoms with van der Waals surface area (Å²) in [7, 11) is 0. The van der Waals surface area contributed by atoms with Gasteiger partial charge in [-0.15, -0.1) is 0 Å². The summed E-state index contributed by atoms with van der Waals surface area (Å²) in [6.45, 7) is 6.36. The second-order valence-electron chi connectivity index (χ2n) is 6.38. The summed E-state index contributed by atoms with van der Waals surface area (Å²) in [5.74, 6) is -0.0432. The van der Waals surface area contributed by atoms with Crippen molar-refractivity contribution in [1.82, 2.24) is 10.6 Å². The molecule has 0 atom stereocenters. The second kappa shape index (κ2) is 9.74. The van der Waals surface area contributed by atoms with Crippen molar-refractivity contribution in [1.29, 1.82) is 0 Å². The minimum atomic E-state index is -0.511. The number of hydrogen-bond acceptors (Lipinski definition) is 3. The van der Waals surface area contributed by atoms with Crippen LogP contribution in [0.15, 0.2) is 18.2 Å². The molecule has 1 rings (SSSR count). The topological polar surface area (TPSA) is 67.4 Å². The third kappa shape index (κ3) is 8.99. The Morgan fingerprint density at radius 2 is 1.75 bits per heavy atom. The summed E-state index contributed by atoms with van der Waals surface area (Å²) < 4.78 is 5.11. The Morgan fingerprint density at radius 1 is 1.08 bits per heavy atom. The molecule has 5 nitrogen and oxygen atoms in total. The lowest BCUT2D eigenvalue weighted by Crippen LogP contribution is -2.34. The maximum absolute atomic E-state index is 11.8. The van der Waals surface area contributed by atoms with Crippen molar-refractivity contribution < 1.29 is 14.3 Å². The number of aryl methyl sites for hydroxylation is 1. The van der Waals surface area contributed by atoms with Gasteiger partial charge in [-0.2, -0.15) is 0 Å². The minimum Gasteiger partial charge on any atom is -0.444 e. The zero-order chi connectivity index (χ0) is 18.2. The van der Waals surface area contributed by atoms with Crippen LogP contribution in [0.1, 0.15) is 39.2 Å². The van der Waals surface area contributed by atoms with Gasteiger partial charge in [0.25, 0.3) is 0 Å². The molecule has 2 N–H and O–H groups in total. The van der Waals surface area contributed by atoms with Gasteiger partial charge in [-0.25, -0.2) is 4.79 Å². The first-order valence-electron chi connectivity index (χ1n) is 7.85. The summed E-state index contributed by atoms with van der Waals surface area (Å²) in [5.41, 5.74) is 0.453. The van der Waals surface area contributed by atoms with Crippen LogP contribution in [0.25, 0.3) is 0 Å². The third-order valence-electron chi connectivity index (χ3n) is 2.97. The molecule has 1 aromatic rings. The SMILES string of the molecule is CC(C)(C)OC(=O)NCCCNC(=O)CCc1ccc(Cl)c(Cl)c1. The number of benzene rings is 1. The Kier molecular flexibility index (Phi) is 8.36. The minimum absolute atomic E-state index is 0.0432. The number of nitrogens with one attached hydrogen (secondary N) is 2. The fraction of sp³-hybridized carbons (Fsp3) is 0.529. The van der Waals surface area contributed by atoms with Crippen molar-refractivity contribution in [2.75, 3.05) is 13.1 Å². The zero-order valence-electron chi connectivity index (χ0n) is 14.2. The average Bonchev–Trinajstić information content (AvgIpc) is 2.46. The highest BCUT2D eigenvalue weighted by Gasteiger charge is 2.15. The van der Waals surface area contributed by atoms with Crippen molar-refractivity contribution in [3.05, 3.63) is 33.8 Å². The quantitative estimate of drug-likeness (QED) is 0.709. The largest absolute Gasteiger partial charge is 0.444 e. The van der Waals surface area contributed by atoms with Gasteiger partial charge in [-0.3, -0.25) is 4.79 Å². The Balaban J connectivity index is 2.14. The molecule has 2 amide bonds. The van der Waals surface area contributed by atoms with Crippen LogP contribution in [0.2, 0.25) is 10.0 Å². The number of rotatable bonds is 7. The van der Waals surface area contributed by atoms with Crippen molar-refractivity contribution in [2.45, 2.75) is 45.6 Å². The number of hydrogen-bond donors (Lipinski definition) is 2. The Labute approximate surface area is 153 Å². The molecule has 0 spiro atoms. The monoisotopic (exact) mass is 374 g/mol. The summed E-state index contributed by atoms with van der Waals surface area (Å²) >= 11 is 11.8. The van der Waals surface area contributed by atoms with Gasteiger partial charge in [0, 0.05) is 19.5 Å². The van der Waals surface area contributed by atoms with Crippen molar-refractivity contribution in [3.8, 4) is 0 Å². The van der Waals surface area contributed by atoms with Gasteiger partial charge in [0.1, 0.15) is 5.60 Å². The normalized spacial score (nSPS) is 11.0. The highest BCUT2D eigenvalue weighted by atomic mass is 35.5. The maximum atomic E-state index is 11.8. The first-order chi connectivity index (χ1) is 11.2. The van der Waals surface area contributed by atoms with Gasteiger partial charge in [0.2, 0.25) is 5.91 Å². The number of amides is 2. The lowest BCUT2D eigenvalue weighted by molar-refractivity contribution is -0.121. The Bertz CT molecular complexity index is 571. The molecule has 0 fully saturated rings. The van der Waals surface area contributed by atoms with E-state index in [1.807, 2.05) is 6.07 Å². The van der Waals surface area contributed by atoms with E-state index in [4.69, 9.17) is 27.9 Å². The van der Waals surface area contributed by atoms with Crippen LogP contribution in [0.5, 0.6) is 0 Å². The van der Waals surface area contributed by atoms with Gasteiger partial charge in [-0.05, 0) is 51.3 Å². The molecular formula is C17H24Cl2N2O3. The molecule has 0 radical (unpaired) electrons. The van der Waals surface area contributed by atoms with E-state index in [0.29, 0.717) is 42.4 Å². The average molecular weight is 375 g/mol. The van der Waals surface area contributed by atoms with Crippen LogP contribution < -0.4 is 10.6 Å². The fourth-order valence-electron chi connectivity index (χ4n) is 1.86. The summed E-state index contributed by atoms with van der Waals surface area (Å²) in [5, 5.41) is 6.44. The van der Waals surface area contributed by atoms with E-state index in [1.54, 1.807) is 32.9 Å². The van der Waals surface area contributed by atoms with Crippen LogP contribution >= 0.6 is 23.2 Å². The van der Waals surface area contributed by atoms with Crippen LogP contribution in [0.4, 0.5) is 4.79 Å². The van der Waals surface area contributed by atoms with E-state index >= 15 is 0 Å². The van der Waals surface area contributed by atoms with Gasteiger partial charge in [0.05, 0.1) is 10.0 Å². The Morgan fingerprint density at radius 3 is 2.38 bits per heavy atom. The molecule has 0 aromatic heterocycles. The predicted octanol–water partition coefficient (Wildman–Crippen LogP) is 3.96. The van der Waals surface area contributed by atoms with E-state index in [2.05, 4.69) is 10.6 Å². The van der Waals surface area contributed by atoms with Gasteiger partial charge in [0.15, 0.2) is 0 Å². The number of carbonyl (C=O) groups is 2. The maximum Gasteiger partial charge on any atom is 0.407 e. The molecule has 24 heavy (non-hydrogen) atoms. The highest BCUT2D eigenvalue weighted by molar-refractivity contribution is 6.42. The van der Waals surface area contributed by atoms with E-state index in [1.165, 1.54) is 0 Å². The Hall–Kier alpha value is -1.46. The molecular weight excluding hydrogens is 351 g/mol. The molecule has 0 aliphatic heterocycles. The van der Waals surface area contributed by atoms with Crippen molar-refractivity contribution >= 4 is 35.2 Å². The second-order valence-corrected chi connectivity index (χ2v) is 7.20. The van der Waals surface area contributed by atoms with Gasteiger partial charge < -0.3 is 15.4 Å². The third-order valence-corrected chi connectivity index (χ3v) is 3.71. The summed E-state index contributed by atoms with van der Waals surface area (Å²) in [4.78, 5) is 23.2. The number of carbonyl (C=O) groups excluding carboxylic acids is 2. The predicted molar refractivity (Wildman–Crippen MR) is 96.6 cm³/mol. The molecule has 0 aliphatic rings. The molecule has 0 saturated carbocycles. The fourth-order valence-corrected chi connectivity index (χ4v) is 2.18. The van der Waals surface area contributed by atoms with Crippen LogP contribution in [0.3, 0.4) is 0 Å². The van der Waals surface area contributed by atoms with Crippen molar-refractivity contribution in [3.63, 3.8) is 0 Å². The molecule has 134 valence electrons. The molecule has 0 saturated heterocycles. The van der Waals surface area contributed by atoms with E-state index < -0.39 is 11.7 Å². The van der Waals surface area contributed by atoms with Crippen LogP contribution in [0, 0.1) is 0 Å². The van der Waals surface area contributed by atoms with Gasteiger partial charge in [-0.1, -0.05) is 29.3 Å². The zero-order valence-corrected chi connectivity index (χ0v) is 15.8. The lowest BCUT2D eigenvalue weighted by Gasteiger charge is -2.19. The molecule has 0 aliphatic carbocycles. The number of alkyl carbamates (subject to hydrolysis) is 1. The smallest absolute Gasteiger partial charge is 0.407 e. The molecule has 7 heteroatoms. The van der Waals surface area contributed by atoms with E-state index in [0.717, 1.165) is 5.56 Å². The molecule has 1 aromatic carbocycles.